The van der Waals surface area contributed by atoms with Gasteiger partial charge in [-0.2, -0.15) is 0 Å². The Kier molecular flexibility index (Phi) is 4.20. The second-order valence-electron chi connectivity index (χ2n) is 5.81. The standard InChI is InChI=1S/C18H18N2O4/c1-10-13(18(22)23)6-7-15(19-10)17(21)20-12-8-11-4-3-5-16(24-2)14(11)9-12/h3-7,12H,8-9H2,1-2H3,(H,20,21)(H,22,23). The topological polar surface area (TPSA) is 88.5 Å². The summed E-state index contributed by atoms with van der Waals surface area (Å²) in [4.78, 5) is 27.5. The number of carboxylic acids is 1. The molecule has 0 radical (unpaired) electrons. The van der Waals surface area contributed by atoms with Gasteiger partial charge in [0, 0.05) is 6.04 Å². The summed E-state index contributed by atoms with van der Waals surface area (Å²) < 4.78 is 5.37. The third-order valence-electron chi connectivity index (χ3n) is 4.25. The number of aryl methyl sites for hydroxylation is 1. The maximum absolute atomic E-state index is 12.4. The number of hydrogen-bond acceptors (Lipinski definition) is 4. The number of nitrogens with one attached hydrogen (secondary N) is 1. The van der Waals surface area contributed by atoms with E-state index in [0.29, 0.717) is 12.1 Å². The van der Waals surface area contributed by atoms with Crippen LogP contribution in [0.2, 0.25) is 0 Å². The average molecular weight is 326 g/mol. The number of amides is 1. The van der Waals surface area contributed by atoms with Crippen molar-refractivity contribution >= 4 is 11.9 Å². The van der Waals surface area contributed by atoms with Crippen molar-refractivity contribution < 1.29 is 19.4 Å². The minimum atomic E-state index is -1.05. The average Bonchev–Trinajstić information content (AvgIpc) is 2.96. The minimum absolute atomic E-state index is 0.0231. The van der Waals surface area contributed by atoms with E-state index < -0.39 is 5.97 Å². The number of aromatic carboxylic acids is 1. The summed E-state index contributed by atoms with van der Waals surface area (Å²) in [7, 11) is 1.64. The molecule has 1 aliphatic carbocycles. The Labute approximate surface area is 139 Å². The fourth-order valence-corrected chi connectivity index (χ4v) is 3.08. The zero-order valence-corrected chi connectivity index (χ0v) is 13.5. The molecule has 0 saturated heterocycles. The Hall–Kier alpha value is -2.89. The van der Waals surface area contributed by atoms with E-state index in [-0.39, 0.29) is 23.2 Å². The Bertz CT molecular complexity index is 817. The van der Waals surface area contributed by atoms with Crippen LogP contribution in [0.25, 0.3) is 0 Å². The molecule has 0 fully saturated rings. The van der Waals surface area contributed by atoms with Crippen molar-refractivity contribution in [1.82, 2.24) is 10.3 Å². The fourth-order valence-electron chi connectivity index (χ4n) is 3.08. The molecule has 0 aliphatic heterocycles. The van der Waals surface area contributed by atoms with E-state index in [1.807, 2.05) is 18.2 Å². The van der Waals surface area contributed by atoms with Gasteiger partial charge in [-0.05, 0) is 49.1 Å². The second kappa shape index (κ2) is 6.31. The molecule has 1 atom stereocenters. The predicted octanol–water partition coefficient (Wildman–Crippen LogP) is 1.99. The number of carbonyl (C=O) groups excluding carboxylic acids is 1. The summed E-state index contributed by atoms with van der Waals surface area (Å²) >= 11 is 0. The largest absolute Gasteiger partial charge is 0.496 e. The molecule has 0 saturated carbocycles. The number of nitrogens with zero attached hydrogens (tertiary/aromatic N) is 1. The van der Waals surface area contributed by atoms with Crippen LogP contribution in [0.5, 0.6) is 5.75 Å². The van der Waals surface area contributed by atoms with E-state index in [1.165, 1.54) is 17.7 Å². The van der Waals surface area contributed by atoms with Crippen LogP contribution < -0.4 is 10.1 Å². The number of methoxy groups -OCH3 is 1. The van der Waals surface area contributed by atoms with Crippen molar-refractivity contribution in [1.29, 1.82) is 0 Å². The zero-order valence-electron chi connectivity index (χ0n) is 13.5. The first-order chi connectivity index (χ1) is 11.5. The molecule has 1 aliphatic rings. The van der Waals surface area contributed by atoms with Crippen molar-refractivity contribution in [3.63, 3.8) is 0 Å². The smallest absolute Gasteiger partial charge is 0.337 e. The van der Waals surface area contributed by atoms with Gasteiger partial charge in [0.1, 0.15) is 11.4 Å². The van der Waals surface area contributed by atoms with E-state index in [9.17, 15) is 9.59 Å². The Morgan fingerprint density at radius 1 is 1.25 bits per heavy atom. The molecule has 0 spiro atoms. The van der Waals surface area contributed by atoms with Gasteiger partial charge in [-0.15, -0.1) is 0 Å². The van der Waals surface area contributed by atoms with Gasteiger partial charge in [-0.3, -0.25) is 4.79 Å². The van der Waals surface area contributed by atoms with E-state index in [0.717, 1.165) is 17.7 Å². The number of hydrogen-bond donors (Lipinski definition) is 2. The number of aromatic nitrogens is 1. The molecule has 1 unspecified atom stereocenters. The summed E-state index contributed by atoms with van der Waals surface area (Å²) in [5.74, 6) is -0.513. The summed E-state index contributed by atoms with van der Waals surface area (Å²) in [6.45, 7) is 1.58. The highest BCUT2D eigenvalue weighted by molar-refractivity contribution is 5.94. The highest BCUT2D eigenvalue weighted by Gasteiger charge is 2.26. The number of pyridine rings is 1. The van der Waals surface area contributed by atoms with E-state index in [1.54, 1.807) is 14.0 Å². The normalized spacial score (nSPS) is 15.7. The third-order valence-corrected chi connectivity index (χ3v) is 4.25. The van der Waals surface area contributed by atoms with Gasteiger partial charge < -0.3 is 15.2 Å². The van der Waals surface area contributed by atoms with Crippen LogP contribution in [-0.2, 0) is 12.8 Å². The number of benzene rings is 1. The molecule has 2 aromatic rings. The summed E-state index contributed by atoms with van der Waals surface area (Å²) in [5.41, 5.74) is 2.94. The van der Waals surface area contributed by atoms with Crippen LogP contribution in [0.1, 0.15) is 37.7 Å². The van der Waals surface area contributed by atoms with Crippen molar-refractivity contribution in [2.75, 3.05) is 7.11 Å². The molecule has 1 heterocycles. The number of rotatable bonds is 4. The van der Waals surface area contributed by atoms with Gasteiger partial charge in [0.05, 0.1) is 18.4 Å². The molecule has 0 bridgehead atoms. The van der Waals surface area contributed by atoms with Crippen LogP contribution in [0.4, 0.5) is 0 Å². The molecule has 2 N–H and O–H groups in total. The van der Waals surface area contributed by atoms with Crippen molar-refractivity contribution in [2.24, 2.45) is 0 Å². The quantitative estimate of drug-likeness (QED) is 0.897. The lowest BCUT2D eigenvalue weighted by atomic mass is 10.1. The molecule has 3 rings (SSSR count). The van der Waals surface area contributed by atoms with Crippen LogP contribution in [0, 0.1) is 6.92 Å². The van der Waals surface area contributed by atoms with Gasteiger partial charge >= 0.3 is 5.97 Å². The van der Waals surface area contributed by atoms with Gasteiger partial charge in [0.2, 0.25) is 0 Å². The zero-order chi connectivity index (χ0) is 17.3. The molecule has 6 nitrogen and oxygen atoms in total. The lowest BCUT2D eigenvalue weighted by Gasteiger charge is -2.12. The first-order valence-corrected chi connectivity index (χ1v) is 7.66. The first kappa shape index (κ1) is 16.0. The van der Waals surface area contributed by atoms with E-state index in [4.69, 9.17) is 9.84 Å². The van der Waals surface area contributed by atoms with Gasteiger partial charge in [0.15, 0.2) is 0 Å². The van der Waals surface area contributed by atoms with Crippen molar-refractivity contribution in [2.45, 2.75) is 25.8 Å². The molecule has 1 aromatic carbocycles. The SMILES string of the molecule is COc1cccc2c1CC(NC(=O)c1ccc(C(=O)O)c(C)n1)C2. The molecule has 1 amide bonds. The van der Waals surface area contributed by atoms with Crippen molar-refractivity contribution in [3.8, 4) is 5.75 Å². The maximum atomic E-state index is 12.4. The van der Waals surface area contributed by atoms with Crippen molar-refractivity contribution in [3.05, 3.63) is 58.4 Å². The minimum Gasteiger partial charge on any atom is -0.496 e. The number of carboxylic acid groups (broad SMARTS) is 1. The number of carbonyl (C=O) groups is 2. The van der Waals surface area contributed by atoms with Crippen LogP contribution >= 0.6 is 0 Å². The molecule has 6 heteroatoms. The Morgan fingerprint density at radius 2 is 2.04 bits per heavy atom. The van der Waals surface area contributed by atoms with E-state index in [2.05, 4.69) is 10.3 Å². The van der Waals surface area contributed by atoms with Gasteiger partial charge in [0.25, 0.3) is 5.91 Å². The molecule has 124 valence electrons. The highest BCUT2D eigenvalue weighted by atomic mass is 16.5. The van der Waals surface area contributed by atoms with Crippen LogP contribution in [0.15, 0.2) is 30.3 Å². The summed E-state index contributed by atoms with van der Waals surface area (Å²) in [6, 6.07) is 8.72. The summed E-state index contributed by atoms with van der Waals surface area (Å²) in [6.07, 6.45) is 1.45. The Morgan fingerprint density at radius 3 is 2.71 bits per heavy atom. The fraction of sp³-hybridized carbons (Fsp3) is 0.278. The first-order valence-electron chi connectivity index (χ1n) is 7.66. The molecule has 1 aromatic heterocycles. The molecular weight excluding hydrogens is 308 g/mol. The number of ether oxygens (including phenoxy) is 1. The van der Waals surface area contributed by atoms with Crippen LogP contribution in [-0.4, -0.2) is 35.1 Å². The Balaban J connectivity index is 1.73. The van der Waals surface area contributed by atoms with Crippen LogP contribution in [0.3, 0.4) is 0 Å². The third kappa shape index (κ3) is 2.95. The highest BCUT2D eigenvalue weighted by Crippen LogP contribution is 2.30. The second-order valence-corrected chi connectivity index (χ2v) is 5.81. The maximum Gasteiger partial charge on any atom is 0.337 e. The predicted molar refractivity (Wildman–Crippen MR) is 87.6 cm³/mol. The molecule has 24 heavy (non-hydrogen) atoms. The lowest BCUT2D eigenvalue weighted by molar-refractivity contribution is 0.0694. The number of fused-ring (bicyclic) bond motifs is 1. The lowest BCUT2D eigenvalue weighted by Crippen LogP contribution is -2.36. The van der Waals surface area contributed by atoms with Gasteiger partial charge in [-0.25, -0.2) is 9.78 Å². The molecular formula is C18H18N2O4. The van der Waals surface area contributed by atoms with Gasteiger partial charge in [-0.1, -0.05) is 12.1 Å². The summed E-state index contributed by atoms with van der Waals surface area (Å²) in [5, 5.41) is 12.0. The monoisotopic (exact) mass is 326 g/mol. The van der Waals surface area contributed by atoms with E-state index >= 15 is 0 Å².